The number of aryl methyl sites for hydroxylation is 1. The Bertz CT molecular complexity index is 363. The second-order valence-electron chi connectivity index (χ2n) is 3.13. The Morgan fingerprint density at radius 3 is 3.07 bits per heavy atom. The molecule has 80 valence electrons. The molecule has 0 saturated carbocycles. The van der Waals surface area contributed by atoms with Crippen molar-refractivity contribution in [3.05, 3.63) is 23.5 Å². The van der Waals surface area contributed by atoms with Crippen molar-refractivity contribution in [2.75, 3.05) is 6.61 Å². The number of carbonyl (C=O) groups is 1. The Labute approximate surface area is 88.9 Å². The van der Waals surface area contributed by atoms with Crippen LogP contribution in [0.1, 0.15) is 35.9 Å². The molecule has 1 rings (SSSR count). The van der Waals surface area contributed by atoms with Crippen molar-refractivity contribution >= 4 is 5.97 Å². The summed E-state index contributed by atoms with van der Waals surface area (Å²) in [4.78, 5) is 14.3. The highest BCUT2D eigenvalue weighted by Gasteiger charge is 2.08. The third kappa shape index (κ3) is 3.47. The van der Waals surface area contributed by atoms with E-state index in [0.29, 0.717) is 18.7 Å². The number of H-pyrrole nitrogens is 1. The van der Waals surface area contributed by atoms with Gasteiger partial charge >= 0.3 is 5.97 Å². The number of hydrogen-bond acceptors (Lipinski definition) is 3. The van der Waals surface area contributed by atoms with E-state index in [1.165, 1.54) is 0 Å². The molecule has 0 fully saturated rings. The van der Waals surface area contributed by atoms with Crippen LogP contribution in [0.4, 0.5) is 0 Å². The number of ether oxygens (including phenoxy) is 1. The van der Waals surface area contributed by atoms with Crippen molar-refractivity contribution in [2.45, 2.75) is 26.2 Å². The highest BCUT2D eigenvalue weighted by Crippen LogP contribution is 2.07. The van der Waals surface area contributed by atoms with Crippen molar-refractivity contribution in [3.63, 3.8) is 0 Å². The first-order valence-electron chi connectivity index (χ1n) is 5.00. The van der Waals surface area contributed by atoms with E-state index in [1.807, 2.05) is 6.07 Å². The molecule has 0 aliphatic rings. The van der Waals surface area contributed by atoms with Gasteiger partial charge in [0.05, 0.1) is 12.7 Å². The molecule has 0 saturated heterocycles. The zero-order chi connectivity index (χ0) is 11.1. The molecule has 1 aromatic rings. The SMILES string of the molecule is CCOC(=O)c1ccc(CCCC#N)[nH]1. The summed E-state index contributed by atoms with van der Waals surface area (Å²) < 4.78 is 4.84. The van der Waals surface area contributed by atoms with Crippen LogP contribution in [0.2, 0.25) is 0 Å². The fourth-order valence-electron chi connectivity index (χ4n) is 1.27. The van der Waals surface area contributed by atoms with Gasteiger partial charge in [-0.25, -0.2) is 4.79 Å². The largest absolute Gasteiger partial charge is 0.461 e. The first-order chi connectivity index (χ1) is 7.27. The molecule has 0 aliphatic heterocycles. The van der Waals surface area contributed by atoms with E-state index in [1.54, 1.807) is 13.0 Å². The van der Waals surface area contributed by atoms with Gasteiger partial charge in [-0.15, -0.1) is 0 Å². The normalized spacial score (nSPS) is 9.60. The molecule has 4 heteroatoms. The second kappa shape index (κ2) is 5.86. The predicted molar refractivity (Wildman–Crippen MR) is 55.3 cm³/mol. The number of nitriles is 1. The van der Waals surface area contributed by atoms with Gasteiger partial charge in [-0.1, -0.05) is 0 Å². The molecule has 0 spiro atoms. The molecule has 4 nitrogen and oxygen atoms in total. The first-order valence-corrected chi connectivity index (χ1v) is 5.00. The summed E-state index contributed by atoms with van der Waals surface area (Å²) in [5, 5.41) is 8.37. The first kappa shape index (κ1) is 11.3. The van der Waals surface area contributed by atoms with Gasteiger partial charge < -0.3 is 9.72 Å². The van der Waals surface area contributed by atoms with E-state index in [0.717, 1.165) is 18.5 Å². The van der Waals surface area contributed by atoms with Crippen LogP contribution in [0.5, 0.6) is 0 Å². The Morgan fingerprint density at radius 1 is 1.60 bits per heavy atom. The van der Waals surface area contributed by atoms with Crippen LogP contribution in [0.3, 0.4) is 0 Å². The Balaban J connectivity index is 2.49. The lowest BCUT2D eigenvalue weighted by Crippen LogP contribution is -2.04. The average Bonchev–Trinajstić information content (AvgIpc) is 2.67. The predicted octanol–water partition coefficient (Wildman–Crippen LogP) is 2.04. The molecule has 0 aliphatic carbocycles. The molecule has 1 N–H and O–H groups in total. The quantitative estimate of drug-likeness (QED) is 0.592. The molecular formula is C11H14N2O2. The number of rotatable bonds is 5. The molecule has 15 heavy (non-hydrogen) atoms. The Hall–Kier alpha value is -1.76. The monoisotopic (exact) mass is 206 g/mol. The summed E-state index contributed by atoms with van der Waals surface area (Å²) in [5.74, 6) is -0.330. The minimum atomic E-state index is -0.330. The molecule has 0 bridgehead atoms. The smallest absolute Gasteiger partial charge is 0.354 e. The van der Waals surface area contributed by atoms with Crippen molar-refractivity contribution in [1.82, 2.24) is 4.98 Å². The summed E-state index contributed by atoms with van der Waals surface area (Å²) in [6.07, 6.45) is 2.13. The third-order valence-electron chi connectivity index (χ3n) is 1.98. The molecule has 0 amide bonds. The number of esters is 1. The topological polar surface area (TPSA) is 65.9 Å². The van der Waals surface area contributed by atoms with E-state index in [-0.39, 0.29) is 5.97 Å². The van der Waals surface area contributed by atoms with E-state index < -0.39 is 0 Å². The molecular weight excluding hydrogens is 192 g/mol. The van der Waals surface area contributed by atoms with Crippen LogP contribution in [-0.2, 0) is 11.2 Å². The summed E-state index contributed by atoms with van der Waals surface area (Å²) >= 11 is 0. The third-order valence-corrected chi connectivity index (χ3v) is 1.98. The van der Waals surface area contributed by atoms with Gasteiger partial charge in [0, 0.05) is 12.1 Å². The lowest BCUT2D eigenvalue weighted by molar-refractivity contribution is 0.0520. The summed E-state index contributed by atoms with van der Waals surface area (Å²) in [6, 6.07) is 5.64. The highest BCUT2D eigenvalue weighted by molar-refractivity contribution is 5.87. The average molecular weight is 206 g/mol. The molecule has 0 unspecified atom stereocenters. The number of carbonyl (C=O) groups excluding carboxylic acids is 1. The molecule has 0 aromatic carbocycles. The van der Waals surface area contributed by atoms with Gasteiger partial charge in [-0.2, -0.15) is 5.26 Å². The minimum absolute atomic E-state index is 0.330. The van der Waals surface area contributed by atoms with Crippen LogP contribution < -0.4 is 0 Å². The fraction of sp³-hybridized carbons (Fsp3) is 0.455. The summed E-state index contributed by atoms with van der Waals surface area (Å²) in [7, 11) is 0. The second-order valence-corrected chi connectivity index (χ2v) is 3.13. The number of unbranched alkanes of at least 4 members (excludes halogenated alkanes) is 1. The van der Waals surface area contributed by atoms with Crippen molar-refractivity contribution in [1.29, 1.82) is 5.26 Å². The van der Waals surface area contributed by atoms with E-state index >= 15 is 0 Å². The fourth-order valence-corrected chi connectivity index (χ4v) is 1.27. The molecule has 1 aromatic heterocycles. The number of aromatic nitrogens is 1. The number of nitrogens with zero attached hydrogens (tertiary/aromatic N) is 1. The Kier molecular flexibility index (Phi) is 4.42. The number of aromatic amines is 1. The summed E-state index contributed by atoms with van der Waals surface area (Å²) in [6.45, 7) is 2.15. The lowest BCUT2D eigenvalue weighted by atomic mass is 10.2. The van der Waals surface area contributed by atoms with Gasteiger partial charge in [-0.3, -0.25) is 0 Å². The van der Waals surface area contributed by atoms with Gasteiger partial charge in [0.2, 0.25) is 0 Å². The zero-order valence-electron chi connectivity index (χ0n) is 8.75. The minimum Gasteiger partial charge on any atom is -0.461 e. The Morgan fingerprint density at radius 2 is 2.40 bits per heavy atom. The number of nitrogens with one attached hydrogen (secondary N) is 1. The maximum Gasteiger partial charge on any atom is 0.354 e. The zero-order valence-corrected chi connectivity index (χ0v) is 8.75. The highest BCUT2D eigenvalue weighted by atomic mass is 16.5. The molecule has 0 radical (unpaired) electrons. The molecule has 1 heterocycles. The van der Waals surface area contributed by atoms with E-state index in [2.05, 4.69) is 11.1 Å². The van der Waals surface area contributed by atoms with E-state index in [4.69, 9.17) is 10.00 Å². The van der Waals surface area contributed by atoms with Gasteiger partial charge in [0.1, 0.15) is 5.69 Å². The van der Waals surface area contributed by atoms with Gasteiger partial charge in [0.15, 0.2) is 0 Å². The van der Waals surface area contributed by atoms with Crippen LogP contribution in [-0.4, -0.2) is 17.6 Å². The van der Waals surface area contributed by atoms with Crippen molar-refractivity contribution < 1.29 is 9.53 Å². The van der Waals surface area contributed by atoms with Crippen LogP contribution >= 0.6 is 0 Å². The summed E-state index contributed by atoms with van der Waals surface area (Å²) in [5.41, 5.74) is 1.44. The number of hydrogen-bond donors (Lipinski definition) is 1. The van der Waals surface area contributed by atoms with Crippen molar-refractivity contribution in [3.8, 4) is 6.07 Å². The van der Waals surface area contributed by atoms with E-state index in [9.17, 15) is 4.79 Å². The standard InChI is InChI=1S/C11H14N2O2/c1-2-15-11(14)10-7-6-9(13-10)5-3-4-8-12/h6-7,13H,2-5H2,1H3. The van der Waals surface area contributed by atoms with Gasteiger partial charge in [0.25, 0.3) is 0 Å². The molecule has 0 atom stereocenters. The lowest BCUT2D eigenvalue weighted by Gasteiger charge is -1.98. The van der Waals surface area contributed by atoms with Crippen LogP contribution in [0, 0.1) is 11.3 Å². The van der Waals surface area contributed by atoms with Crippen LogP contribution in [0.15, 0.2) is 12.1 Å². The maximum absolute atomic E-state index is 11.3. The van der Waals surface area contributed by atoms with Crippen molar-refractivity contribution in [2.24, 2.45) is 0 Å². The van der Waals surface area contributed by atoms with Crippen LogP contribution in [0.25, 0.3) is 0 Å². The van der Waals surface area contributed by atoms with Gasteiger partial charge in [-0.05, 0) is 31.9 Å². The maximum atomic E-state index is 11.3.